The number of rotatable bonds is 15. The number of ether oxygens (including phenoxy) is 5. The molecular formula is C36H38N6O7. The van der Waals surface area contributed by atoms with Crippen LogP contribution in [0.4, 0.5) is 0 Å². The maximum absolute atomic E-state index is 12.8. The van der Waals surface area contributed by atoms with Crippen LogP contribution >= 0.6 is 0 Å². The Bertz CT molecular complexity index is 1970. The van der Waals surface area contributed by atoms with Crippen molar-refractivity contribution in [3.05, 3.63) is 89.0 Å². The zero-order valence-corrected chi connectivity index (χ0v) is 27.9. The van der Waals surface area contributed by atoms with Crippen molar-refractivity contribution in [2.45, 2.75) is 52.7 Å². The van der Waals surface area contributed by atoms with Gasteiger partial charge in [0.15, 0.2) is 23.0 Å². The average molecular weight is 667 g/mol. The number of unbranched alkanes of at least 4 members (excludes halogenated alkanes) is 1. The molecule has 49 heavy (non-hydrogen) atoms. The second-order valence-corrected chi connectivity index (χ2v) is 11.3. The van der Waals surface area contributed by atoms with E-state index in [1.165, 1.54) is 11.9 Å². The molecule has 13 heteroatoms. The van der Waals surface area contributed by atoms with Gasteiger partial charge >= 0.3 is 5.97 Å². The number of imidazole rings is 1. The molecule has 0 spiro atoms. The third-order valence-corrected chi connectivity index (χ3v) is 8.12. The van der Waals surface area contributed by atoms with Gasteiger partial charge in [0.25, 0.3) is 0 Å². The number of carboxylic acid groups (broad SMARTS) is 1. The fourth-order valence-electron chi connectivity index (χ4n) is 5.63. The molecule has 3 heterocycles. The standard InChI is InChI=1S/C36H38N6O7/c1-5-7-13-32-37-20-26(17-25(36(43)44)16-24-18-30-31(49-22-48-30)19-29(24)46-4)42(32)27-14-15-28(45-3)34(47-21-23-11-9-8-10-12-23)33(27)35-38-40-41(6-2)39-35/h8-12,14-15,17-20H,5-7,13,16,21-22H2,1-4H3,(H,43,44). The van der Waals surface area contributed by atoms with Crippen molar-refractivity contribution in [3.63, 3.8) is 0 Å². The summed E-state index contributed by atoms with van der Waals surface area (Å²) < 4.78 is 30.8. The second-order valence-electron chi connectivity index (χ2n) is 11.3. The third kappa shape index (κ3) is 7.05. The first-order valence-corrected chi connectivity index (χ1v) is 16.1. The maximum Gasteiger partial charge on any atom is 0.331 e. The first-order valence-electron chi connectivity index (χ1n) is 16.1. The van der Waals surface area contributed by atoms with E-state index in [1.807, 2.05) is 54.0 Å². The summed E-state index contributed by atoms with van der Waals surface area (Å²) in [5.41, 5.74) is 3.44. The summed E-state index contributed by atoms with van der Waals surface area (Å²) in [4.78, 5) is 19.1. The first kappa shape index (κ1) is 33.1. The molecule has 1 aliphatic rings. The molecular weight excluding hydrogens is 628 g/mol. The van der Waals surface area contributed by atoms with Crippen LogP contribution in [-0.4, -0.2) is 61.8 Å². The molecule has 1 N–H and O–H groups in total. The topological polar surface area (TPSA) is 145 Å². The number of aliphatic carboxylic acids is 1. The third-order valence-electron chi connectivity index (χ3n) is 8.12. The summed E-state index contributed by atoms with van der Waals surface area (Å²) in [7, 11) is 3.11. The van der Waals surface area contributed by atoms with Crippen LogP contribution in [0.3, 0.4) is 0 Å². The lowest BCUT2D eigenvalue weighted by Gasteiger charge is -2.20. The Morgan fingerprint density at radius 2 is 1.80 bits per heavy atom. The lowest BCUT2D eigenvalue weighted by molar-refractivity contribution is -0.132. The van der Waals surface area contributed by atoms with Gasteiger partial charge in [-0.15, -0.1) is 10.2 Å². The molecule has 13 nitrogen and oxygen atoms in total. The lowest BCUT2D eigenvalue weighted by Crippen LogP contribution is -2.10. The van der Waals surface area contributed by atoms with E-state index in [0.29, 0.717) is 70.0 Å². The minimum atomic E-state index is -1.09. The highest BCUT2D eigenvalue weighted by molar-refractivity contribution is 5.93. The van der Waals surface area contributed by atoms with Crippen LogP contribution in [0.1, 0.15) is 49.3 Å². The van der Waals surface area contributed by atoms with Crippen LogP contribution in [0.25, 0.3) is 23.2 Å². The van der Waals surface area contributed by atoms with Gasteiger partial charge in [0.05, 0.1) is 43.9 Å². The van der Waals surface area contributed by atoms with Crippen molar-refractivity contribution in [2.75, 3.05) is 21.0 Å². The predicted octanol–water partition coefficient (Wildman–Crippen LogP) is 5.92. The van der Waals surface area contributed by atoms with Crippen LogP contribution in [0.5, 0.6) is 28.7 Å². The smallest absolute Gasteiger partial charge is 0.331 e. The van der Waals surface area contributed by atoms with Crippen molar-refractivity contribution in [3.8, 4) is 45.8 Å². The quantitative estimate of drug-likeness (QED) is 0.133. The van der Waals surface area contributed by atoms with E-state index in [4.69, 9.17) is 28.7 Å². The van der Waals surface area contributed by atoms with Crippen LogP contribution in [0, 0.1) is 0 Å². The molecule has 0 atom stereocenters. The Hall–Kier alpha value is -5.85. The van der Waals surface area contributed by atoms with E-state index in [-0.39, 0.29) is 25.4 Å². The lowest BCUT2D eigenvalue weighted by atomic mass is 10.0. The number of carbonyl (C=O) groups is 1. The fourth-order valence-corrected chi connectivity index (χ4v) is 5.63. The number of aryl methyl sites for hydroxylation is 2. The van der Waals surface area contributed by atoms with E-state index in [0.717, 1.165) is 24.2 Å². The van der Waals surface area contributed by atoms with E-state index in [9.17, 15) is 9.90 Å². The van der Waals surface area contributed by atoms with Crippen molar-refractivity contribution in [1.29, 1.82) is 0 Å². The van der Waals surface area contributed by atoms with Gasteiger partial charge in [0.1, 0.15) is 18.2 Å². The van der Waals surface area contributed by atoms with Crippen LogP contribution in [-0.2, 0) is 30.8 Å². The van der Waals surface area contributed by atoms with Crippen LogP contribution < -0.4 is 23.7 Å². The normalized spacial score (nSPS) is 12.3. The second kappa shape index (κ2) is 14.9. The number of benzene rings is 3. The van der Waals surface area contributed by atoms with E-state index >= 15 is 0 Å². The van der Waals surface area contributed by atoms with Gasteiger partial charge in [-0.05, 0) is 48.4 Å². The van der Waals surface area contributed by atoms with E-state index in [1.54, 1.807) is 31.5 Å². The maximum atomic E-state index is 12.8. The molecule has 0 saturated carbocycles. The number of fused-ring (bicyclic) bond motifs is 1. The summed E-state index contributed by atoms with van der Waals surface area (Å²) in [6.45, 7) is 4.89. The summed E-state index contributed by atoms with van der Waals surface area (Å²) in [6.07, 6.45) is 5.81. The highest BCUT2D eigenvalue weighted by Crippen LogP contribution is 2.43. The fraction of sp³-hybridized carbons (Fsp3) is 0.306. The zero-order valence-electron chi connectivity index (χ0n) is 27.9. The van der Waals surface area contributed by atoms with E-state index < -0.39 is 5.97 Å². The van der Waals surface area contributed by atoms with Crippen molar-refractivity contribution in [2.24, 2.45) is 0 Å². The van der Waals surface area contributed by atoms with Gasteiger partial charge in [-0.1, -0.05) is 43.7 Å². The molecule has 0 amide bonds. The SMILES string of the molecule is CCCCc1ncc(C=C(Cc2cc3c(cc2OC)OCO3)C(=O)O)n1-c1ccc(OC)c(OCc2ccccc2)c1-c1nnn(CC)n1. The van der Waals surface area contributed by atoms with Crippen LogP contribution in [0.15, 0.2) is 66.4 Å². The number of methoxy groups -OCH3 is 2. The minimum Gasteiger partial charge on any atom is -0.496 e. The summed E-state index contributed by atoms with van der Waals surface area (Å²) in [5, 5.41) is 23.7. The van der Waals surface area contributed by atoms with Gasteiger partial charge in [0.2, 0.25) is 12.6 Å². The number of nitrogens with zero attached hydrogens (tertiary/aromatic N) is 6. The Morgan fingerprint density at radius 3 is 2.49 bits per heavy atom. The number of tetrazole rings is 1. The molecule has 1 aliphatic heterocycles. The summed E-state index contributed by atoms with van der Waals surface area (Å²) >= 11 is 0. The Kier molecular flexibility index (Phi) is 10.1. The van der Waals surface area contributed by atoms with Gasteiger partial charge in [-0.25, -0.2) is 9.78 Å². The highest BCUT2D eigenvalue weighted by atomic mass is 16.7. The van der Waals surface area contributed by atoms with Gasteiger partial charge in [0, 0.05) is 30.0 Å². The number of hydrogen-bond acceptors (Lipinski definition) is 10. The van der Waals surface area contributed by atoms with Crippen LogP contribution in [0.2, 0.25) is 0 Å². The molecule has 2 aromatic heterocycles. The Balaban J connectivity index is 1.52. The Labute approximate surface area is 283 Å². The largest absolute Gasteiger partial charge is 0.496 e. The average Bonchev–Trinajstić information content (AvgIpc) is 3.89. The molecule has 254 valence electrons. The summed E-state index contributed by atoms with van der Waals surface area (Å²) in [6, 6.07) is 17.0. The molecule has 0 bridgehead atoms. The minimum absolute atomic E-state index is 0.0535. The predicted molar refractivity (Wildman–Crippen MR) is 180 cm³/mol. The number of carboxylic acids is 1. The first-order chi connectivity index (χ1) is 23.9. The molecule has 0 unspecified atom stereocenters. The molecule has 3 aromatic carbocycles. The van der Waals surface area contributed by atoms with Crippen molar-refractivity contribution >= 4 is 12.0 Å². The zero-order chi connectivity index (χ0) is 34.3. The molecule has 6 rings (SSSR count). The molecule has 0 saturated heterocycles. The van der Waals surface area contributed by atoms with Gasteiger partial charge in [-0.3, -0.25) is 4.57 Å². The van der Waals surface area contributed by atoms with Gasteiger partial charge in [-0.2, -0.15) is 4.80 Å². The van der Waals surface area contributed by atoms with Crippen molar-refractivity contribution < 1.29 is 33.6 Å². The number of aromatic nitrogens is 6. The molecule has 0 fully saturated rings. The van der Waals surface area contributed by atoms with Crippen molar-refractivity contribution in [1.82, 2.24) is 29.8 Å². The highest BCUT2D eigenvalue weighted by Gasteiger charge is 2.26. The Morgan fingerprint density at radius 1 is 1.02 bits per heavy atom. The van der Waals surface area contributed by atoms with Gasteiger partial charge < -0.3 is 28.8 Å². The summed E-state index contributed by atoms with van der Waals surface area (Å²) in [5.74, 6) is 2.46. The van der Waals surface area contributed by atoms with E-state index in [2.05, 4.69) is 22.3 Å². The molecule has 0 radical (unpaired) electrons. The monoisotopic (exact) mass is 666 g/mol. The molecule has 0 aliphatic carbocycles. The number of hydrogen-bond donors (Lipinski definition) is 1. The molecule has 5 aromatic rings.